The molecular formula is C13H6ClF5N2OS. The van der Waals surface area contributed by atoms with Crippen molar-refractivity contribution in [1.29, 1.82) is 0 Å². The first-order valence-corrected chi connectivity index (χ1v) is 7.24. The molecule has 0 fully saturated rings. The van der Waals surface area contributed by atoms with E-state index in [1.165, 1.54) is 18.3 Å². The number of hydrogen-bond donors (Lipinski definition) is 1. The quantitative estimate of drug-likeness (QED) is 0.290. The first kappa shape index (κ1) is 17.5. The Labute approximate surface area is 135 Å². The highest BCUT2D eigenvalue weighted by Crippen LogP contribution is 2.31. The number of nitrogens with zero attached hydrogens (tertiary/aromatic N) is 1. The van der Waals surface area contributed by atoms with Gasteiger partial charge in [0.2, 0.25) is 11.7 Å². The molecule has 2 aromatic rings. The zero-order valence-corrected chi connectivity index (χ0v) is 12.5. The Morgan fingerprint density at radius 3 is 2.22 bits per heavy atom. The number of carbonyl (C=O) groups is 1. The highest BCUT2D eigenvalue weighted by atomic mass is 35.5. The number of aromatic nitrogens is 1. The van der Waals surface area contributed by atoms with E-state index in [1.54, 1.807) is 0 Å². The number of benzene rings is 1. The molecule has 1 N–H and O–H groups in total. The van der Waals surface area contributed by atoms with E-state index >= 15 is 0 Å². The molecule has 0 saturated heterocycles. The monoisotopic (exact) mass is 368 g/mol. The maximum Gasteiger partial charge on any atom is 0.234 e. The van der Waals surface area contributed by atoms with Crippen LogP contribution in [0.2, 0.25) is 5.15 Å². The predicted molar refractivity (Wildman–Crippen MR) is 74.8 cm³/mol. The minimum Gasteiger partial charge on any atom is -0.323 e. The van der Waals surface area contributed by atoms with Crippen LogP contribution in [0.1, 0.15) is 0 Å². The van der Waals surface area contributed by atoms with E-state index in [4.69, 9.17) is 11.6 Å². The Morgan fingerprint density at radius 2 is 1.65 bits per heavy atom. The summed E-state index contributed by atoms with van der Waals surface area (Å²) in [6.45, 7) is 0. The van der Waals surface area contributed by atoms with Crippen molar-refractivity contribution < 1.29 is 26.7 Å². The summed E-state index contributed by atoms with van der Waals surface area (Å²) >= 11 is 5.87. The van der Waals surface area contributed by atoms with Crippen LogP contribution in [0.4, 0.5) is 27.6 Å². The lowest BCUT2D eigenvalue weighted by Gasteiger charge is -2.09. The number of anilines is 1. The Bertz CT molecular complexity index is 745. The van der Waals surface area contributed by atoms with Gasteiger partial charge < -0.3 is 5.32 Å². The van der Waals surface area contributed by atoms with Crippen molar-refractivity contribution >= 4 is 35.0 Å². The molecule has 1 amide bonds. The van der Waals surface area contributed by atoms with Gasteiger partial charge in [0.15, 0.2) is 28.4 Å². The van der Waals surface area contributed by atoms with Crippen LogP contribution in [0.25, 0.3) is 0 Å². The molecule has 0 bridgehead atoms. The number of nitrogens with one attached hydrogen (secondary N) is 1. The minimum absolute atomic E-state index is 0.0120. The van der Waals surface area contributed by atoms with Gasteiger partial charge >= 0.3 is 0 Å². The minimum atomic E-state index is -2.25. The van der Waals surface area contributed by atoms with E-state index < -0.39 is 45.6 Å². The van der Waals surface area contributed by atoms with Gasteiger partial charge in [0.25, 0.3) is 0 Å². The Morgan fingerprint density at radius 1 is 1.09 bits per heavy atom. The molecule has 2 rings (SSSR count). The van der Waals surface area contributed by atoms with Crippen LogP contribution in [0.15, 0.2) is 23.2 Å². The fourth-order valence-electron chi connectivity index (χ4n) is 1.51. The fourth-order valence-corrected chi connectivity index (χ4v) is 2.46. The first-order valence-electron chi connectivity index (χ1n) is 5.87. The standard InChI is InChI=1S/C13H6ClF5N2OS/c14-13-5(2-1-3-20-13)21-6(22)4-23-12-10(18)8(16)7(15)9(17)11(12)19/h1-3H,4H2,(H,21,22). The summed E-state index contributed by atoms with van der Waals surface area (Å²) in [4.78, 5) is 14.2. The lowest BCUT2D eigenvalue weighted by molar-refractivity contribution is -0.113. The van der Waals surface area contributed by atoms with E-state index in [-0.39, 0.29) is 22.6 Å². The lowest BCUT2D eigenvalue weighted by atomic mass is 10.3. The Kier molecular flexibility index (Phi) is 5.42. The number of hydrogen-bond acceptors (Lipinski definition) is 3. The second kappa shape index (κ2) is 7.14. The van der Waals surface area contributed by atoms with Crippen molar-refractivity contribution in [3.05, 3.63) is 52.6 Å². The Hall–Kier alpha value is -1.87. The molecule has 0 atom stereocenters. The predicted octanol–water partition coefficient (Wildman–Crippen LogP) is 4.16. The maximum atomic E-state index is 13.4. The molecule has 0 unspecified atom stereocenters. The first-order chi connectivity index (χ1) is 10.8. The summed E-state index contributed by atoms with van der Waals surface area (Å²) in [7, 11) is 0. The van der Waals surface area contributed by atoms with E-state index in [0.717, 1.165) is 0 Å². The largest absolute Gasteiger partial charge is 0.323 e. The molecule has 10 heteroatoms. The van der Waals surface area contributed by atoms with Gasteiger partial charge in [-0.3, -0.25) is 4.79 Å². The third kappa shape index (κ3) is 3.73. The van der Waals surface area contributed by atoms with Gasteiger partial charge in [-0.1, -0.05) is 11.6 Å². The molecule has 23 heavy (non-hydrogen) atoms. The van der Waals surface area contributed by atoms with Gasteiger partial charge in [-0.2, -0.15) is 0 Å². The number of amides is 1. The van der Waals surface area contributed by atoms with E-state index in [1.807, 2.05) is 0 Å². The average molecular weight is 369 g/mol. The van der Waals surface area contributed by atoms with Gasteiger partial charge in [-0.25, -0.2) is 26.9 Å². The van der Waals surface area contributed by atoms with Crippen LogP contribution in [0, 0.1) is 29.1 Å². The average Bonchev–Trinajstić information content (AvgIpc) is 2.53. The summed E-state index contributed by atoms with van der Waals surface area (Å²) in [5.41, 5.74) is 0.150. The summed E-state index contributed by atoms with van der Waals surface area (Å²) in [6, 6.07) is 2.91. The van der Waals surface area contributed by atoms with E-state index in [9.17, 15) is 26.7 Å². The topological polar surface area (TPSA) is 42.0 Å². The van der Waals surface area contributed by atoms with Crippen molar-refractivity contribution in [2.75, 3.05) is 11.1 Å². The Balaban J connectivity index is 2.13. The van der Waals surface area contributed by atoms with Gasteiger partial charge in [-0.15, -0.1) is 11.8 Å². The van der Waals surface area contributed by atoms with Gasteiger partial charge in [0, 0.05) is 6.20 Å². The van der Waals surface area contributed by atoms with Crippen molar-refractivity contribution in [2.45, 2.75) is 4.90 Å². The van der Waals surface area contributed by atoms with Crippen molar-refractivity contribution in [2.24, 2.45) is 0 Å². The normalized spacial score (nSPS) is 10.7. The second-order valence-electron chi connectivity index (χ2n) is 4.08. The molecular weight excluding hydrogens is 363 g/mol. The lowest BCUT2D eigenvalue weighted by Crippen LogP contribution is -2.15. The molecule has 1 aromatic carbocycles. The molecule has 122 valence electrons. The number of thioether (sulfide) groups is 1. The van der Waals surface area contributed by atoms with Crippen molar-refractivity contribution in [3.63, 3.8) is 0 Å². The molecule has 1 aromatic heterocycles. The third-order valence-electron chi connectivity index (χ3n) is 2.55. The number of carbonyl (C=O) groups excluding carboxylic acids is 1. The number of pyridine rings is 1. The van der Waals surface area contributed by atoms with Crippen molar-refractivity contribution in [1.82, 2.24) is 4.98 Å². The molecule has 0 aliphatic rings. The highest BCUT2D eigenvalue weighted by Gasteiger charge is 2.26. The molecule has 0 spiro atoms. The molecule has 0 saturated carbocycles. The fraction of sp³-hybridized carbons (Fsp3) is 0.0769. The van der Waals surface area contributed by atoms with Gasteiger partial charge in [0.1, 0.15) is 0 Å². The number of rotatable bonds is 4. The van der Waals surface area contributed by atoms with Crippen LogP contribution in [0.5, 0.6) is 0 Å². The van der Waals surface area contributed by atoms with Gasteiger partial charge in [0.05, 0.1) is 16.3 Å². The van der Waals surface area contributed by atoms with Crippen LogP contribution in [-0.4, -0.2) is 16.6 Å². The number of halogens is 6. The molecule has 0 aliphatic carbocycles. The summed E-state index contributed by atoms with van der Waals surface area (Å²) < 4.78 is 65.8. The molecule has 3 nitrogen and oxygen atoms in total. The van der Waals surface area contributed by atoms with Crippen LogP contribution < -0.4 is 5.32 Å². The molecule has 0 radical (unpaired) electrons. The van der Waals surface area contributed by atoms with Crippen LogP contribution in [0.3, 0.4) is 0 Å². The van der Waals surface area contributed by atoms with E-state index in [0.29, 0.717) is 0 Å². The molecule has 0 aliphatic heterocycles. The second-order valence-corrected chi connectivity index (χ2v) is 5.42. The smallest absolute Gasteiger partial charge is 0.234 e. The zero-order valence-electron chi connectivity index (χ0n) is 11.0. The van der Waals surface area contributed by atoms with Crippen molar-refractivity contribution in [3.8, 4) is 0 Å². The molecule has 1 heterocycles. The van der Waals surface area contributed by atoms with Crippen LogP contribution >= 0.6 is 23.4 Å². The third-order valence-corrected chi connectivity index (χ3v) is 3.91. The summed E-state index contributed by atoms with van der Waals surface area (Å²) in [6.07, 6.45) is 1.38. The summed E-state index contributed by atoms with van der Waals surface area (Å²) in [5, 5.41) is 2.29. The van der Waals surface area contributed by atoms with Gasteiger partial charge in [-0.05, 0) is 12.1 Å². The zero-order chi connectivity index (χ0) is 17.1. The van der Waals surface area contributed by atoms with E-state index in [2.05, 4.69) is 10.3 Å². The van der Waals surface area contributed by atoms with Crippen LogP contribution in [-0.2, 0) is 4.79 Å². The maximum absolute atomic E-state index is 13.4. The summed E-state index contributed by atoms with van der Waals surface area (Å²) in [5.74, 6) is -11.7. The highest BCUT2D eigenvalue weighted by molar-refractivity contribution is 8.00. The SMILES string of the molecule is O=C(CSc1c(F)c(F)c(F)c(F)c1F)Nc1cccnc1Cl.